The van der Waals surface area contributed by atoms with Crippen LogP contribution < -0.4 is 19.7 Å². The molecule has 1 aliphatic rings. The fourth-order valence-corrected chi connectivity index (χ4v) is 4.02. The Balaban J connectivity index is 1.51. The predicted octanol–water partition coefficient (Wildman–Crippen LogP) is 4.14. The van der Waals surface area contributed by atoms with Crippen molar-refractivity contribution in [3.05, 3.63) is 52.4 Å². The standard InChI is InChI=1S/C21H18ClN3O4S/c1-12-3-5-17(28-2)14(7-12)15-11-30-21(23-15)24-19(26)9-25-16-8-13(22)4-6-18(16)29-10-20(25)27/h3-8,11H,9-10H2,1-2H3,(H,23,24,26). The minimum absolute atomic E-state index is 0.129. The topological polar surface area (TPSA) is 80.8 Å². The molecule has 30 heavy (non-hydrogen) atoms. The Morgan fingerprint density at radius 3 is 2.97 bits per heavy atom. The summed E-state index contributed by atoms with van der Waals surface area (Å²) >= 11 is 7.34. The highest BCUT2D eigenvalue weighted by molar-refractivity contribution is 7.14. The Bertz CT molecular complexity index is 1130. The fourth-order valence-electron chi connectivity index (χ4n) is 3.13. The highest BCUT2D eigenvalue weighted by Crippen LogP contribution is 2.35. The Hall–Kier alpha value is -3.10. The van der Waals surface area contributed by atoms with Gasteiger partial charge in [-0.1, -0.05) is 23.2 Å². The van der Waals surface area contributed by atoms with Crippen molar-refractivity contribution < 1.29 is 19.1 Å². The molecule has 0 saturated carbocycles. The molecule has 1 aromatic heterocycles. The number of ether oxygens (including phenoxy) is 2. The Morgan fingerprint density at radius 2 is 2.17 bits per heavy atom. The Kier molecular flexibility index (Phi) is 5.61. The van der Waals surface area contributed by atoms with E-state index in [0.717, 1.165) is 11.1 Å². The number of hydrogen-bond donors (Lipinski definition) is 1. The van der Waals surface area contributed by atoms with Gasteiger partial charge in [0.05, 0.1) is 18.5 Å². The van der Waals surface area contributed by atoms with E-state index in [4.69, 9.17) is 21.1 Å². The first kappa shape index (κ1) is 20.2. The lowest BCUT2D eigenvalue weighted by Gasteiger charge is -2.28. The van der Waals surface area contributed by atoms with Gasteiger partial charge in [-0.15, -0.1) is 11.3 Å². The molecule has 9 heteroatoms. The van der Waals surface area contributed by atoms with E-state index in [2.05, 4.69) is 10.3 Å². The maximum absolute atomic E-state index is 12.6. The summed E-state index contributed by atoms with van der Waals surface area (Å²) in [6.45, 7) is 1.69. The summed E-state index contributed by atoms with van der Waals surface area (Å²) < 4.78 is 10.8. The smallest absolute Gasteiger partial charge is 0.265 e. The third-order valence-electron chi connectivity index (χ3n) is 4.55. The van der Waals surface area contributed by atoms with E-state index in [1.807, 2.05) is 30.5 Å². The van der Waals surface area contributed by atoms with Crippen molar-refractivity contribution in [1.82, 2.24) is 4.98 Å². The number of benzene rings is 2. The van der Waals surface area contributed by atoms with Crippen LogP contribution in [0.1, 0.15) is 5.56 Å². The zero-order valence-electron chi connectivity index (χ0n) is 16.3. The lowest BCUT2D eigenvalue weighted by atomic mass is 10.1. The first-order valence-electron chi connectivity index (χ1n) is 9.07. The van der Waals surface area contributed by atoms with Crippen molar-refractivity contribution >= 4 is 45.6 Å². The van der Waals surface area contributed by atoms with E-state index in [9.17, 15) is 9.59 Å². The lowest BCUT2D eigenvalue weighted by Crippen LogP contribution is -2.43. The number of aromatic nitrogens is 1. The van der Waals surface area contributed by atoms with Gasteiger partial charge >= 0.3 is 0 Å². The highest BCUT2D eigenvalue weighted by Gasteiger charge is 2.28. The van der Waals surface area contributed by atoms with Crippen molar-refractivity contribution in [2.75, 3.05) is 30.5 Å². The number of nitrogens with zero attached hydrogens (tertiary/aromatic N) is 2. The monoisotopic (exact) mass is 443 g/mol. The molecule has 0 spiro atoms. The molecule has 1 N–H and O–H groups in total. The first-order valence-corrected chi connectivity index (χ1v) is 10.3. The maximum atomic E-state index is 12.6. The molecule has 0 radical (unpaired) electrons. The molecule has 1 aliphatic heterocycles. The fraction of sp³-hybridized carbons (Fsp3) is 0.190. The molecule has 2 aromatic carbocycles. The number of thiazole rings is 1. The second kappa shape index (κ2) is 8.33. The van der Waals surface area contributed by atoms with E-state index in [1.165, 1.54) is 16.2 Å². The molecule has 2 amide bonds. The molecule has 0 unspecified atom stereocenters. The van der Waals surface area contributed by atoms with Gasteiger partial charge in [0.25, 0.3) is 5.91 Å². The number of anilines is 2. The number of hydrogen-bond acceptors (Lipinski definition) is 6. The number of fused-ring (bicyclic) bond motifs is 1. The second-order valence-electron chi connectivity index (χ2n) is 6.67. The van der Waals surface area contributed by atoms with E-state index in [1.54, 1.807) is 25.3 Å². The predicted molar refractivity (Wildman–Crippen MR) is 117 cm³/mol. The van der Waals surface area contributed by atoms with Gasteiger partial charge in [-0.25, -0.2) is 4.98 Å². The minimum atomic E-state index is -0.367. The third-order valence-corrected chi connectivity index (χ3v) is 5.54. The Morgan fingerprint density at radius 1 is 1.33 bits per heavy atom. The molecule has 0 fully saturated rings. The van der Waals surface area contributed by atoms with E-state index in [0.29, 0.717) is 33.0 Å². The van der Waals surface area contributed by atoms with Crippen LogP contribution in [0, 0.1) is 6.92 Å². The number of nitrogens with one attached hydrogen (secondary N) is 1. The van der Waals surface area contributed by atoms with Crippen LogP contribution in [0.5, 0.6) is 11.5 Å². The number of carbonyl (C=O) groups excluding carboxylic acids is 2. The van der Waals surface area contributed by atoms with E-state index >= 15 is 0 Å². The highest BCUT2D eigenvalue weighted by atomic mass is 35.5. The van der Waals surface area contributed by atoms with Crippen molar-refractivity contribution in [2.45, 2.75) is 6.92 Å². The van der Waals surface area contributed by atoms with Gasteiger partial charge in [0.2, 0.25) is 5.91 Å². The molecule has 0 aliphatic carbocycles. The number of rotatable bonds is 5. The molecule has 154 valence electrons. The van der Waals surface area contributed by atoms with Crippen molar-refractivity contribution in [3.63, 3.8) is 0 Å². The van der Waals surface area contributed by atoms with Gasteiger partial charge in [-0.05, 0) is 37.3 Å². The van der Waals surface area contributed by atoms with Crippen LogP contribution in [-0.2, 0) is 9.59 Å². The van der Waals surface area contributed by atoms with E-state index in [-0.39, 0.29) is 25.0 Å². The molecule has 2 heterocycles. The van der Waals surface area contributed by atoms with Gasteiger partial charge in [0, 0.05) is 16.0 Å². The molecular weight excluding hydrogens is 426 g/mol. The van der Waals surface area contributed by atoms with E-state index < -0.39 is 0 Å². The summed E-state index contributed by atoms with van der Waals surface area (Å²) in [5.74, 6) is 0.531. The number of halogens is 1. The van der Waals surface area contributed by atoms with Crippen LogP contribution >= 0.6 is 22.9 Å². The molecule has 0 atom stereocenters. The van der Waals surface area contributed by atoms with Gasteiger partial charge < -0.3 is 14.8 Å². The van der Waals surface area contributed by atoms with Crippen molar-refractivity contribution in [2.24, 2.45) is 0 Å². The van der Waals surface area contributed by atoms with Gasteiger partial charge in [-0.2, -0.15) is 0 Å². The quantitative estimate of drug-likeness (QED) is 0.640. The van der Waals surface area contributed by atoms with Crippen LogP contribution in [0.25, 0.3) is 11.3 Å². The average molecular weight is 444 g/mol. The summed E-state index contributed by atoms with van der Waals surface area (Å²) in [6.07, 6.45) is 0. The zero-order valence-corrected chi connectivity index (χ0v) is 17.8. The molecular formula is C21H18ClN3O4S. The molecule has 3 aromatic rings. The van der Waals surface area contributed by atoms with Gasteiger partial charge in [0.1, 0.15) is 18.0 Å². The summed E-state index contributed by atoms with van der Waals surface area (Å²) in [4.78, 5) is 30.8. The lowest BCUT2D eigenvalue weighted by molar-refractivity contribution is -0.123. The molecule has 4 rings (SSSR count). The second-order valence-corrected chi connectivity index (χ2v) is 7.96. The number of aryl methyl sites for hydroxylation is 1. The number of carbonyl (C=O) groups is 2. The molecule has 0 bridgehead atoms. The SMILES string of the molecule is COc1ccc(C)cc1-c1csc(NC(=O)CN2C(=O)COc3ccc(Cl)cc32)n1. The summed E-state index contributed by atoms with van der Waals surface area (Å²) in [7, 11) is 1.60. The maximum Gasteiger partial charge on any atom is 0.265 e. The van der Waals surface area contributed by atoms with Crippen LogP contribution in [0.2, 0.25) is 5.02 Å². The summed E-state index contributed by atoms with van der Waals surface area (Å²) in [5.41, 5.74) is 3.10. The van der Waals surface area contributed by atoms with Crippen LogP contribution in [0.3, 0.4) is 0 Å². The summed E-state index contributed by atoms with van der Waals surface area (Å²) in [6, 6.07) is 10.8. The normalized spacial score (nSPS) is 12.9. The largest absolute Gasteiger partial charge is 0.496 e. The first-order chi connectivity index (χ1) is 14.4. The number of methoxy groups -OCH3 is 1. The number of amides is 2. The molecule has 0 saturated heterocycles. The van der Waals surface area contributed by atoms with Gasteiger partial charge in [-0.3, -0.25) is 14.5 Å². The van der Waals surface area contributed by atoms with Crippen molar-refractivity contribution in [3.8, 4) is 22.8 Å². The van der Waals surface area contributed by atoms with Gasteiger partial charge in [0.15, 0.2) is 11.7 Å². The van der Waals surface area contributed by atoms with Crippen LogP contribution in [0.4, 0.5) is 10.8 Å². The third kappa shape index (κ3) is 4.10. The Labute approximate surface area is 182 Å². The zero-order chi connectivity index (χ0) is 21.3. The minimum Gasteiger partial charge on any atom is -0.496 e. The van der Waals surface area contributed by atoms with Crippen molar-refractivity contribution in [1.29, 1.82) is 0 Å². The van der Waals surface area contributed by atoms with Crippen LogP contribution in [-0.4, -0.2) is 37.1 Å². The molecule has 7 nitrogen and oxygen atoms in total. The average Bonchev–Trinajstić information content (AvgIpc) is 3.18. The van der Waals surface area contributed by atoms with Crippen LogP contribution in [0.15, 0.2) is 41.8 Å². The summed E-state index contributed by atoms with van der Waals surface area (Å²) in [5, 5.41) is 5.50.